The molecular formula is C14H10N4. The van der Waals surface area contributed by atoms with Crippen molar-refractivity contribution in [3.63, 3.8) is 0 Å². The Bertz CT molecular complexity index is 662. The van der Waals surface area contributed by atoms with Gasteiger partial charge in [0.25, 0.3) is 0 Å². The number of aryl methyl sites for hydroxylation is 1. The predicted molar refractivity (Wildman–Crippen MR) is 68.1 cm³/mol. The lowest BCUT2D eigenvalue weighted by atomic mass is 10.2. The zero-order valence-corrected chi connectivity index (χ0v) is 9.81. The summed E-state index contributed by atoms with van der Waals surface area (Å²) in [6.07, 6.45) is 0. The first-order chi connectivity index (χ1) is 8.71. The fourth-order valence-electron chi connectivity index (χ4n) is 1.61. The van der Waals surface area contributed by atoms with E-state index in [1.54, 1.807) is 30.3 Å². The molecule has 0 saturated carbocycles. The molecule has 0 atom stereocenters. The molecule has 2 rings (SSSR count). The van der Waals surface area contributed by atoms with Gasteiger partial charge in [-0.15, -0.1) is 0 Å². The third kappa shape index (κ3) is 2.63. The van der Waals surface area contributed by atoms with E-state index in [0.717, 1.165) is 11.4 Å². The van der Waals surface area contributed by atoms with E-state index in [2.05, 4.69) is 22.4 Å². The maximum atomic E-state index is 8.89. The quantitative estimate of drug-likeness (QED) is 0.867. The van der Waals surface area contributed by atoms with Crippen LogP contribution in [0.1, 0.15) is 16.8 Å². The number of nitrogens with one attached hydrogen (secondary N) is 1. The Hall–Kier alpha value is -2.85. The van der Waals surface area contributed by atoms with E-state index in [-0.39, 0.29) is 0 Å². The molecule has 1 aromatic heterocycles. The van der Waals surface area contributed by atoms with E-state index in [1.807, 2.05) is 13.0 Å². The van der Waals surface area contributed by atoms with Crippen LogP contribution in [0.5, 0.6) is 0 Å². The lowest BCUT2D eigenvalue weighted by Crippen LogP contribution is -1.96. The third-order valence-corrected chi connectivity index (χ3v) is 2.35. The lowest BCUT2D eigenvalue weighted by molar-refractivity contribution is 1.19. The average molecular weight is 234 g/mol. The van der Waals surface area contributed by atoms with Gasteiger partial charge in [0.15, 0.2) is 0 Å². The van der Waals surface area contributed by atoms with Crippen molar-refractivity contribution in [2.24, 2.45) is 0 Å². The fourth-order valence-corrected chi connectivity index (χ4v) is 1.61. The highest BCUT2D eigenvalue weighted by molar-refractivity contribution is 5.60. The monoisotopic (exact) mass is 234 g/mol. The number of pyridine rings is 1. The molecular weight excluding hydrogens is 224 g/mol. The van der Waals surface area contributed by atoms with Crippen molar-refractivity contribution >= 4 is 11.5 Å². The molecule has 0 aliphatic heterocycles. The predicted octanol–water partition coefficient (Wildman–Crippen LogP) is 2.88. The Morgan fingerprint density at radius 2 is 1.83 bits per heavy atom. The third-order valence-electron chi connectivity index (χ3n) is 2.35. The van der Waals surface area contributed by atoms with E-state index in [4.69, 9.17) is 10.5 Å². The van der Waals surface area contributed by atoms with Gasteiger partial charge in [0, 0.05) is 11.4 Å². The Morgan fingerprint density at radius 3 is 2.56 bits per heavy atom. The van der Waals surface area contributed by atoms with E-state index < -0.39 is 0 Å². The Kier molecular flexibility index (Phi) is 3.22. The summed E-state index contributed by atoms with van der Waals surface area (Å²) < 4.78 is 0. The van der Waals surface area contributed by atoms with Crippen molar-refractivity contribution < 1.29 is 0 Å². The SMILES string of the molecule is Cc1cc(C#N)cc(Nc2cccc(C#N)c2)n1. The van der Waals surface area contributed by atoms with Crippen LogP contribution < -0.4 is 5.32 Å². The van der Waals surface area contributed by atoms with Gasteiger partial charge in [-0.1, -0.05) is 6.07 Å². The fraction of sp³-hybridized carbons (Fsp3) is 0.0714. The van der Waals surface area contributed by atoms with Gasteiger partial charge in [-0.2, -0.15) is 10.5 Å². The summed E-state index contributed by atoms with van der Waals surface area (Å²) in [6, 6.07) is 14.7. The molecule has 0 radical (unpaired) electrons. The standard InChI is InChI=1S/C14H10N4/c1-10-5-12(9-16)7-14(17-10)18-13-4-2-3-11(6-13)8-15/h2-7H,1H3,(H,17,18). The van der Waals surface area contributed by atoms with Crippen molar-refractivity contribution in [3.8, 4) is 12.1 Å². The van der Waals surface area contributed by atoms with Gasteiger partial charge in [0.1, 0.15) is 5.82 Å². The molecule has 0 aliphatic carbocycles. The minimum atomic E-state index is 0.557. The number of rotatable bonds is 2. The van der Waals surface area contributed by atoms with Crippen molar-refractivity contribution in [1.29, 1.82) is 10.5 Å². The molecule has 1 heterocycles. The van der Waals surface area contributed by atoms with Crippen molar-refractivity contribution in [3.05, 3.63) is 53.2 Å². The number of benzene rings is 1. The van der Waals surface area contributed by atoms with Crippen LogP contribution in [0, 0.1) is 29.6 Å². The minimum Gasteiger partial charge on any atom is -0.340 e. The Labute approximate surface area is 105 Å². The number of anilines is 2. The van der Waals surface area contributed by atoms with Crippen LogP contribution in [0.4, 0.5) is 11.5 Å². The Balaban J connectivity index is 2.31. The second-order valence-corrected chi connectivity index (χ2v) is 3.81. The van der Waals surface area contributed by atoms with Crippen LogP contribution in [0.2, 0.25) is 0 Å². The number of aromatic nitrogens is 1. The molecule has 0 unspecified atom stereocenters. The average Bonchev–Trinajstić information content (AvgIpc) is 2.38. The van der Waals surface area contributed by atoms with Crippen LogP contribution in [0.25, 0.3) is 0 Å². The summed E-state index contributed by atoms with van der Waals surface area (Å²) >= 11 is 0. The van der Waals surface area contributed by atoms with Gasteiger partial charge in [-0.3, -0.25) is 0 Å². The smallest absolute Gasteiger partial charge is 0.131 e. The molecule has 86 valence electrons. The molecule has 0 saturated heterocycles. The second kappa shape index (κ2) is 4.99. The summed E-state index contributed by atoms with van der Waals surface area (Å²) in [7, 11) is 0. The van der Waals surface area contributed by atoms with E-state index in [0.29, 0.717) is 16.9 Å². The topological polar surface area (TPSA) is 72.5 Å². The molecule has 0 fully saturated rings. The van der Waals surface area contributed by atoms with Crippen LogP contribution in [-0.4, -0.2) is 4.98 Å². The van der Waals surface area contributed by atoms with Gasteiger partial charge >= 0.3 is 0 Å². The van der Waals surface area contributed by atoms with Gasteiger partial charge in [0.2, 0.25) is 0 Å². The minimum absolute atomic E-state index is 0.557. The molecule has 4 nitrogen and oxygen atoms in total. The summed E-state index contributed by atoms with van der Waals surface area (Å²) in [5.74, 6) is 0.599. The summed E-state index contributed by atoms with van der Waals surface area (Å²) in [4.78, 5) is 4.29. The van der Waals surface area contributed by atoms with Crippen LogP contribution in [0.15, 0.2) is 36.4 Å². The highest BCUT2D eigenvalue weighted by atomic mass is 15.0. The van der Waals surface area contributed by atoms with Gasteiger partial charge < -0.3 is 5.32 Å². The Morgan fingerprint density at radius 1 is 1.06 bits per heavy atom. The summed E-state index contributed by atoms with van der Waals surface area (Å²) in [6.45, 7) is 1.83. The number of hydrogen-bond donors (Lipinski definition) is 1. The number of nitrogens with zero attached hydrogens (tertiary/aromatic N) is 3. The van der Waals surface area contributed by atoms with Gasteiger partial charge in [-0.05, 0) is 37.3 Å². The highest BCUT2D eigenvalue weighted by Gasteiger charge is 2.01. The summed E-state index contributed by atoms with van der Waals surface area (Å²) in [5, 5.41) is 20.8. The van der Waals surface area contributed by atoms with Crippen LogP contribution >= 0.6 is 0 Å². The van der Waals surface area contributed by atoms with E-state index >= 15 is 0 Å². The second-order valence-electron chi connectivity index (χ2n) is 3.81. The van der Waals surface area contributed by atoms with Gasteiger partial charge in [-0.25, -0.2) is 4.98 Å². The van der Waals surface area contributed by atoms with Crippen LogP contribution in [-0.2, 0) is 0 Å². The summed E-state index contributed by atoms with van der Waals surface area (Å²) in [5.41, 5.74) is 2.68. The first-order valence-electron chi connectivity index (χ1n) is 5.37. The molecule has 0 amide bonds. The molecule has 2 aromatic rings. The molecule has 18 heavy (non-hydrogen) atoms. The molecule has 0 aliphatic rings. The zero-order chi connectivity index (χ0) is 13.0. The highest BCUT2D eigenvalue weighted by Crippen LogP contribution is 2.17. The molecule has 0 bridgehead atoms. The van der Waals surface area contributed by atoms with Gasteiger partial charge in [0.05, 0.1) is 23.3 Å². The van der Waals surface area contributed by atoms with Crippen LogP contribution in [0.3, 0.4) is 0 Å². The molecule has 1 aromatic carbocycles. The zero-order valence-electron chi connectivity index (χ0n) is 9.81. The largest absolute Gasteiger partial charge is 0.340 e. The lowest BCUT2D eigenvalue weighted by Gasteiger charge is -2.07. The number of nitriles is 2. The molecule has 0 spiro atoms. The van der Waals surface area contributed by atoms with Crippen molar-refractivity contribution in [1.82, 2.24) is 4.98 Å². The molecule has 4 heteroatoms. The number of hydrogen-bond acceptors (Lipinski definition) is 4. The first kappa shape index (κ1) is 11.6. The first-order valence-corrected chi connectivity index (χ1v) is 5.37. The van der Waals surface area contributed by atoms with Crippen molar-refractivity contribution in [2.45, 2.75) is 6.92 Å². The van der Waals surface area contributed by atoms with Crippen molar-refractivity contribution in [2.75, 3.05) is 5.32 Å². The maximum absolute atomic E-state index is 8.89. The van der Waals surface area contributed by atoms with E-state index in [9.17, 15) is 0 Å². The normalized spacial score (nSPS) is 9.28. The van der Waals surface area contributed by atoms with E-state index in [1.165, 1.54) is 0 Å². The molecule has 1 N–H and O–H groups in total. The maximum Gasteiger partial charge on any atom is 0.131 e.